The van der Waals surface area contributed by atoms with Crippen molar-refractivity contribution in [2.24, 2.45) is 5.10 Å². The molecule has 8 nitrogen and oxygen atoms in total. The van der Waals surface area contributed by atoms with Crippen molar-refractivity contribution in [2.45, 2.75) is 0 Å². The van der Waals surface area contributed by atoms with Gasteiger partial charge in [-0.05, 0) is 30.3 Å². The molecule has 8 heteroatoms. The fourth-order valence-electron chi connectivity index (χ4n) is 2.33. The van der Waals surface area contributed by atoms with E-state index in [-0.39, 0.29) is 5.69 Å². The Bertz CT molecular complexity index is 1010. The highest BCUT2D eigenvalue weighted by Crippen LogP contribution is 2.25. The van der Waals surface area contributed by atoms with Gasteiger partial charge >= 0.3 is 0 Å². The summed E-state index contributed by atoms with van der Waals surface area (Å²) in [6.45, 7) is 0. The van der Waals surface area contributed by atoms with Crippen LogP contribution in [-0.4, -0.2) is 24.2 Å². The molecule has 3 rings (SSSR count). The van der Waals surface area contributed by atoms with Crippen molar-refractivity contribution < 1.29 is 18.9 Å². The van der Waals surface area contributed by atoms with Gasteiger partial charge in [-0.1, -0.05) is 18.2 Å². The molecule has 0 aliphatic carbocycles. The smallest absolute Gasteiger partial charge is 0.271 e. The Morgan fingerprint density at radius 2 is 2.00 bits per heavy atom. The van der Waals surface area contributed by atoms with Gasteiger partial charge in [-0.2, -0.15) is 5.10 Å². The number of nitrogens with one attached hydrogen (secondary N) is 1. The Morgan fingerprint density at radius 3 is 2.78 bits per heavy atom. The Balaban J connectivity index is 1.67. The number of rotatable bonds is 6. The number of non-ortho nitro benzene ring substituents is 1. The van der Waals surface area contributed by atoms with Crippen molar-refractivity contribution in [3.8, 4) is 17.1 Å². The lowest BCUT2D eigenvalue weighted by Crippen LogP contribution is -2.17. The van der Waals surface area contributed by atoms with Crippen LogP contribution in [0.15, 0.2) is 70.2 Å². The first-order valence-corrected chi connectivity index (χ1v) is 7.89. The van der Waals surface area contributed by atoms with Crippen LogP contribution in [-0.2, 0) is 0 Å². The maximum atomic E-state index is 12.1. The molecule has 0 fully saturated rings. The quantitative estimate of drug-likeness (QED) is 0.408. The molecule has 0 saturated heterocycles. The highest BCUT2D eigenvalue weighted by molar-refractivity contribution is 5.95. The van der Waals surface area contributed by atoms with Gasteiger partial charge in [0.05, 0.1) is 18.2 Å². The van der Waals surface area contributed by atoms with E-state index in [0.29, 0.717) is 28.4 Å². The monoisotopic (exact) mass is 365 g/mol. The fourth-order valence-corrected chi connectivity index (χ4v) is 2.33. The zero-order valence-corrected chi connectivity index (χ0v) is 14.3. The Kier molecular flexibility index (Phi) is 5.27. The summed E-state index contributed by atoms with van der Waals surface area (Å²) < 4.78 is 10.7. The number of benzene rings is 2. The lowest BCUT2D eigenvalue weighted by Gasteiger charge is -2.02. The maximum Gasteiger partial charge on any atom is 0.271 e. The van der Waals surface area contributed by atoms with E-state index < -0.39 is 10.8 Å². The first-order chi connectivity index (χ1) is 13.1. The fraction of sp³-hybridized carbons (Fsp3) is 0.0526. The van der Waals surface area contributed by atoms with E-state index in [1.54, 1.807) is 48.5 Å². The highest BCUT2D eigenvalue weighted by atomic mass is 16.6. The molecule has 1 aromatic heterocycles. The second kappa shape index (κ2) is 7.96. The van der Waals surface area contributed by atoms with Crippen LogP contribution >= 0.6 is 0 Å². The van der Waals surface area contributed by atoms with E-state index in [0.717, 1.165) is 0 Å². The molecular weight excluding hydrogens is 350 g/mol. The lowest BCUT2D eigenvalue weighted by molar-refractivity contribution is -0.384. The van der Waals surface area contributed by atoms with Crippen molar-refractivity contribution in [3.63, 3.8) is 0 Å². The lowest BCUT2D eigenvalue weighted by atomic mass is 10.1. The molecule has 0 atom stereocenters. The number of methoxy groups -OCH3 is 1. The van der Waals surface area contributed by atoms with Crippen LogP contribution in [0.5, 0.6) is 5.75 Å². The summed E-state index contributed by atoms with van der Waals surface area (Å²) in [5.41, 5.74) is 3.35. The van der Waals surface area contributed by atoms with Crippen LogP contribution in [0.25, 0.3) is 11.3 Å². The molecule has 1 heterocycles. The highest BCUT2D eigenvalue weighted by Gasteiger charge is 2.10. The summed E-state index contributed by atoms with van der Waals surface area (Å²) >= 11 is 0. The molecule has 0 aliphatic rings. The molecule has 0 aliphatic heterocycles. The third-order valence-corrected chi connectivity index (χ3v) is 3.66. The maximum absolute atomic E-state index is 12.1. The molecule has 1 N–H and O–H groups in total. The van der Waals surface area contributed by atoms with Crippen LogP contribution < -0.4 is 10.2 Å². The number of ether oxygens (including phenoxy) is 1. The summed E-state index contributed by atoms with van der Waals surface area (Å²) in [6, 6.07) is 16.1. The molecule has 2 aromatic carbocycles. The predicted molar refractivity (Wildman–Crippen MR) is 98.9 cm³/mol. The number of carbonyl (C=O) groups is 1. The first kappa shape index (κ1) is 17.9. The van der Waals surface area contributed by atoms with E-state index in [1.807, 2.05) is 0 Å². The summed E-state index contributed by atoms with van der Waals surface area (Å²) in [6.07, 6.45) is 1.35. The average Bonchev–Trinajstić information content (AvgIpc) is 3.17. The Labute approximate surface area is 154 Å². The molecule has 0 spiro atoms. The van der Waals surface area contributed by atoms with E-state index in [1.165, 1.54) is 25.5 Å². The van der Waals surface area contributed by atoms with Crippen LogP contribution in [0.1, 0.15) is 16.1 Å². The van der Waals surface area contributed by atoms with Gasteiger partial charge in [0, 0.05) is 23.3 Å². The number of nitro benzene ring substituents is 1. The summed E-state index contributed by atoms with van der Waals surface area (Å²) in [7, 11) is 1.52. The molecule has 27 heavy (non-hydrogen) atoms. The second-order valence-corrected chi connectivity index (χ2v) is 5.44. The normalized spacial score (nSPS) is 10.7. The molecule has 0 saturated carbocycles. The largest absolute Gasteiger partial charge is 0.497 e. The van der Waals surface area contributed by atoms with Gasteiger partial charge in [0.15, 0.2) is 0 Å². The number of hydrogen-bond donors (Lipinski definition) is 1. The molecule has 0 unspecified atom stereocenters. The van der Waals surface area contributed by atoms with Gasteiger partial charge < -0.3 is 9.15 Å². The van der Waals surface area contributed by atoms with Crippen molar-refractivity contribution in [3.05, 3.63) is 82.1 Å². The number of nitrogens with zero attached hydrogens (tertiary/aromatic N) is 2. The van der Waals surface area contributed by atoms with E-state index in [9.17, 15) is 14.9 Å². The molecule has 3 aromatic rings. The first-order valence-electron chi connectivity index (χ1n) is 7.89. The number of furan rings is 1. The van der Waals surface area contributed by atoms with Crippen LogP contribution in [0.2, 0.25) is 0 Å². The minimum absolute atomic E-state index is 0.0235. The zero-order valence-electron chi connectivity index (χ0n) is 14.3. The van der Waals surface area contributed by atoms with Crippen LogP contribution in [0.3, 0.4) is 0 Å². The summed E-state index contributed by atoms with van der Waals surface area (Å²) in [5.74, 6) is 1.02. The van der Waals surface area contributed by atoms with Crippen molar-refractivity contribution in [1.82, 2.24) is 5.43 Å². The minimum Gasteiger partial charge on any atom is -0.497 e. The third kappa shape index (κ3) is 4.37. The van der Waals surface area contributed by atoms with E-state index >= 15 is 0 Å². The van der Waals surface area contributed by atoms with Crippen molar-refractivity contribution in [1.29, 1.82) is 0 Å². The number of carbonyl (C=O) groups excluding carboxylic acids is 1. The van der Waals surface area contributed by atoms with Gasteiger partial charge in [-0.3, -0.25) is 14.9 Å². The predicted octanol–water partition coefficient (Wildman–Crippen LogP) is 3.63. The molecule has 1 amide bonds. The van der Waals surface area contributed by atoms with Gasteiger partial charge in [-0.25, -0.2) is 5.43 Å². The summed E-state index contributed by atoms with van der Waals surface area (Å²) in [5, 5.41) is 14.7. The average molecular weight is 365 g/mol. The van der Waals surface area contributed by atoms with Gasteiger partial charge in [0.25, 0.3) is 11.6 Å². The molecule has 0 radical (unpaired) electrons. The van der Waals surface area contributed by atoms with Crippen LogP contribution in [0, 0.1) is 10.1 Å². The molecule has 136 valence electrons. The number of amides is 1. The van der Waals surface area contributed by atoms with Gasteiger partial charge in [0.1, 0.15) is 17.3 Å². The number of nitro groups is 1. The number of hydrogen-bond acceptors (Lipinski definition) is 6. The molecular formula is C19H15N3O5. The number of hydrazone groups is 1. The van der Waals surface area contributed by atoms with E-state index in [4.69, 9.17) is 9.15 Å². The SMILES string of the molecule is COc1cccc(C(=O)N/N=C/c2ccc(-c3cccc([N+](=O)[O-])c3)o2)c1. The minimum atomic E-state index is -0.469. The topological polar surface area (TPSA) is 107 Å². The van der Waals surface area contributed by atoms with Crippen molar-refractivity contribution >= 4 is 17.8 Å². The standard InChI is InChI=1S/C19H15N3O5/c1-26-16-7-3-5-14(11-16)19(23)21-20-12-17-8-9-18(27-17)13-4-2-6-15(10-13)22(24)25/h2-12H,1H3,(H,21,23)/b20-12+. The summed E-state index contributed by atoms with van der Waals surface area (Å²) in [4.78, 5) is 22.4. The van der Waals surface area contributed by atoms with E-state index in [2.05, 4.69) is 10.5 Å². The van der Waals surface area contributed by atoms with Crippen molar-refractivity contribution in [2.75, 3.05) is 7.11 Å². The Morgan fingerprint density at radius 1 is 1.19 bits per heavy atom. The Hall–Kier alpha value is -3.94. The second-order valence-electron chi connectivity index (χ2n) is 5.44. The van der Waals surface area contributed by atoms with Crippen LogP contribution in [0.4, 0.5) is 5.69 Å². The third-order valence-electron chi connectivity index (χ3n) is 3.66. The van der Waals surface area contributed by atoms with Gasteiger partial charge in [0.2, 0.25) is 0 Å². The van der Waals surface area contributed by atoms with Gasteiger partial charge in [-0.15, -0.1) is 0 Å². The zero-order chi connectivity index (χ0) is 19.2. The molecule has 0 bridgehead atoms.